The van der Waals surface area contributed by atoms with Crippen molar-refractivity contribution < 1.29 is 9.53 Å². The number of fused-ring (bicyclic) bond motifs is 1. The molecule has 0 N–H and O–H groups in total. The fraction of sp³-hybridized carbons (Fsp3) is 0.593. The summed E-state index contributed by atoms with van der Waals surface area (Å²) in [6.07, 6.45) is 14.0. The van der Waals surface area contributed by atoms with Gasteiger partial charge in [-0.05, 0) is 43.6 Å². The van der Waals surface area contributed by atoms with Gasteiger partial charge in [0.1, 0.15) is 12.4 Å². The summed E-state index contributed by atoms with van der Waals surface area (Å²) in [7, 11) is 1.75. The van der Waals surface area contributed by atoms with Crippen molar-refractivity contribution >= 4 is 18.1 Å². The molecule has 6 heteroatoms. The van der Waals surface area contributed by atoms with Crippen LogP contribution in [0.15, 0.2) is 29.3 Å². The molecule has 2 unspecified atom stereocenters. The number of hydrogen-bond donors (Lipinski definition) is 0. The Kier molecular flexibility index (Phi) is 9.69. The minimum atomic E-state index is -0.308. The van der Waals surface area contributed by atoms with Crippen molar-refractivity contribution in [2.75, 3.05) is 13.2 Å². The molecule has 0 aliphatic heterocycles. The van der Waals surface area contributed by atoms with E-state index in [9.17, 15) is 9.59 Å². The number of ether oxygens (including phenoxy) is 1. The zero-order valence-corrected chi connectivity index (χ0v) is 21.4. The maximum atomic E-state index is 13.5. The molecule has 1 aromatic heterocycles. The first-order valence-corrected chi connectivity index (χ1v) is 12.0. The normalized spacial score (nSPS) is 15.2. The number of allylic oxidation sites excluding steroid dienone is 3. The lowest BCUT2D eigenvalue weighted by molar-refractivity contribution is -0.135. The predicted molar refractivity (Wildman–Crippen MR) is 135 cm³/mol. The van der Waals surface area contributed by atoms with Crippen LogP contribution in [0.25, 0.3) is 12.2 Å². The van der Waals surface area contributed by atoms with Gasteiger partial charge < -0.3 is 9.64 Å². The molecule has 182 valence electrons. The molecule has 0 bridgehead atoms. The molecule has 1 aromatic rings. The van der Waals surface area contributed by atoms with Crippen molar-refractivity contribution in [3.05, 3.63) is 51.2 Å². The van der Waals surface area contributed by atoms with Crippen molar-refractivity contribution in [3.63, 3.8) is 0 Å². The summed E-state index contributed by atoms with van der Waals surface area (Å²) in [5.41, 5.74) is 0.0820. The number of rotatable bonds is 10. The second-order valence-electron chi connectivity index (χ2n) is 10.1. The molecule has 1 aliphatic rings. The van der Waals surface area contributed by atoms with Gasteiger partial charge in [-0.3, -0.25) is 14.2 Å². The van der Waals surface area contributed by atoms with Crippen molar-refractivity contribution in [2.45, 2.75) is 73.3 Å². The summed E-state index contributed by atoms with van der Waals surface area (Å²) >= 11 is 0. The van der Waals surface area contributed by atoms with Crippen LogP contribution in [0.5, 0.6) is 0 Å². The minimum Gasteiger partial charge on any atom is -0.500 e. The summed E-state index contributed by atoms with van der Waals surface area (Å²) in [6.45, 7) is 13.5. The van der Waals surface area contributed by atoms with Gasteiger partial charge in [-0.2, -0.15) is 0 Å². The SMILES string of the molecule is C/C=C\OCCN(C(=O)CC(C)CC(C)(C)C)C(CC)c1nc2c(c(=O)n1C)=CCC=CC=2. The molecule has 0 radical (unpaired) electrons. The van der Waals surface area contributed by atoms with E-state index >= 15 is 0 Å². The third-order valence-corrected chi connectivity index (χ3v) is 5.79. The van der Waals surface area contributed by atoms with E-state index in [2.05, 4.69) is 27.7 Å². The Morgan fingerprint density at radius 1 is 1.36 bits per heavy atom. The second-order valence-corrected chi connectivity index (χ2v) is 10.1. The molecule has 2 rings (SSSR count). The van der Waals surface area contributed by atoms with E-state index < -0.39 is 0 Å². The van der Waals surface area contributed by atoms with Crippen LogP contribution in [0.4, 0.5) is 0 Å². The van der Waals surface area contributed by atoms with Crippen LogP contribution >= 0.6 is 0 Å². The van der Waals surface area contributed by atoms with Gasteiger partial charge >= 0.3 is 0 Å². The Morgan fingerprint density at radius 2 is 2.09 bits per heavy atom. The first kappa shape index (κ1) is 26.6. The smallest absolute Gasteiger partial charge is 0.260 e. The van der Waals surface area contributed by atoms with Gasteiger partial charge in [0, 0.05) is 13.5 Å². The highest BCUT2D eigenvalue weighted by Gasteiger charge is 2.29. The van der Waals surface area contributed by atoms with E-state index in [0.717, 1.165) is 6.42 Å². The number of carbonyl (C=O) groups is 1. The van der Waals surface area contributed by atoms with Gasteiger partial charge in [0.25, 0.3) is 5.56 Å². The summed E-state index contributed by atoms with van der Waals surface area (Å²) in [5.74, 6) is 0.942. The molecule has 0 spiro atoms. The first-order valence-electron chi connectivity index (χ1n) is 12.0. The van der Waals surface area contributed by atoms with E-state index in [1.165, 1.54) is 0 Å². The molecule has 1 amide bonds. The van der Waals surface area contributed by atoms with Crippen LogP contribution in [0.2, 0.25) is 0 Å². The highest BCUT2D eigenvalue weighted by Crippen LogP contribution is 2.28. The molecule has 1 aliphatic carbocycles. The molecule has 0 saturated carbocycles. The first-order chi connectivity index (χ1) is 15.6. The molecule has 1 heterocycles. The van der Waals surface area contributed by atoms with Crippen LogP contribution in [0, 0.1) is 11.3 Å². The van der Waals surface area contributed by atoms with E-state index in [4.69, 9.17) is 9.72 Å². The summed E-state index contributed by atoms with van der Waals surface area (Å²) in [5, 5.41) is 1.29. The third kappa shape index (κ3) is 7.44. The Hall–Kier alpha value is -2.63. The van der Waals surface area contributed by atoms with Crippen molar-refractivity contribution in [2.24, 2.45) is 18.4 Å². The Morgan fingerprint density at radius 3 is 2.73 bits per heavy atom. The number of carbonyl (C=O) groups excluding carboxylic acids is 1. The van der Waals surface area contributed by atoms with Crippen LogP contribution in [0.1, 0.15) is 79.1 Å². The standard InChI is InChI=1S/C27H41N3O3/c1-8-16-33-17-15-30(24(31)18-20(3)19-27(4,5)6)23(9-2)25-28-22-14-12-10-11-13-21(22)26(32)29(25)7/h8,10,12-14,16,20,23H,9,11,15,17-19H2,1-7H3/b16-8-. The summed E-state index contributed by atoms with van der Waals surface area (Å²) in [6, 6.07) is -0.308. The number of hydrogen-bond acceptors (Lipinski definition) is 4. The van der Waals surface area contributed by atoms with Gasteiger partial charge in [-0.15, -0.1) is 0 Å². The monoisotopic (exact) mass is 455 g/mol. The van der Waals surface area contributed by atoms with Crippen LogP contribution in [-0.2, 0) is 16.6 Å². The molecule has 2 atom stereocenters. The third-order valence-electron chi connectivity index (χ3n) is 5.79. The Labute approximate surface area is 198 Å². The molecule has 0 fully saturated rings. The zero-order chi connectivity index (χ0) is 24.6. The summed E-state index contributed by atoms with van der Waals surface area (Å²) < 4.78 is 7.16. The highest BCUT2D eigenvalue weighted by atomic mass is 16.5. The van der Waals surface area contributed by atoms with E-state index in [1.54, 1.807) is 17.9 Å². The Bertz CT molecular complexity index is 1040. The van der Waals surface area contributed by atoms with E-state index in [0.29, 0.717) is 48.8 Å². The predicted octanol–water partition coefficient (Wildman–Crippen LogP) is 3.59. The molecule has 6 nitrogen and oxygen atoms in total. The number of amides is 1. The van der Waals surface area contributed by atoms with Gasteiger partial charge in [0.05, 0.1) is 29.4 Å². The minimum absolute atomic E-state index is 0.0716. The lowest BCUT2D eigenvalue weighted by Gasteiger charge is -2.33. The molecule has 33 heavy (non-hydrogen) atoms. The quantitative estimate of drug-likeness (QED) is 0.399. The number of nitrogens with zero attached hydrogens (tertiary/aromatic N) is 3. The largest absolute Gasteiger partial charge is 0.500 e. The van der Waals surface area contributed by atoms with Crippen molar-refractivity contribution in [3.8, 4) is 0 Å². The van der Waals surface area contributed by atoms with Crippen LogP contribution < -0.4 is 16.1 Å². The topological polar surface area (TPSA) is 64.4 Å². The fourth-order valence-electron chi connectivity index (χ4n) is 4.54. The second kappa shape index (κ2) is 12.0. The lowest BCUT2D eigenvalue weighted by atomic mass is 9.84. The van der Waals surface area contributed by atoms with E-state index in [-0.39, 0.29) is 28.8 Å². The summed E-state index contributed by atoms with van der Waals surface area (Å²) in [4.78, 5) is 33.4. The van der Waals surface area contributed by atoms with Crippen LogP contribution in [0.3, 0.4) is 0 Å². The van der Waals surface area contributed by atoms with Gasteiger partial charge in [0.15, 0.2) is 0 Å². The van der Waals surface area contributed by atoms with Crippen molar-refractivity contribution in [1.29, 1.82) is 0 Å². The van der Waals surface area contributed by atoms with Crippen molar-refractivity contribution in [1.82, 2.24) is 14.5 Å². The lowest BCUT2D eigenvalue weighted by Crippen LogP contribution is -2.50. The number of aromatic nitrogens is 2. The maximum absolute atomic E-state index is 13.5. The average molecular weight is 456 g/mol. The van der Waals surface area contributed by atoms with Crippen LogP contribution in [-0.4, -0.2) is 33.5 Å². The van der Waals surface area contributed by atoms with Gasteiger partial charge in [-0.1, -0.05) is 58.9 Å². The maximum Gasteiger partial charge on any atom is 0.260 e. The fourth-order valence-corrected chi connectivity index (χ4v) is 4.54. The molecular formula is C27H41N3O3. The zero-order valence-electron chi connectivity index (χ0n) is 21.4. The molecule has 0 aromatic carbocycles. The highest BCUT2D eigenvalue weighted by molar-refractivity contribution is 5.77. The van der Waals surface area contributed by atoms with E-state index in [1.807, 2.05) is 49.1 Å². The van der Waals surface area contributed by atoms with Gasteiger partial charge in [-0.25, -0.2) is 4.98 Å². The molecule has 0 saturated heterocycles. The average Bonchev–Trinajstić information content (AvgIpc) is 2.97. The van der Waals surface area contributed by atoms with Gasteiger partial charge in [0.2, 0.25) is 5.91 Å². The Balaban J connectivity index is 2.45. The molecular weight excluding hydrogens is 414 g/mol.